The number of carbonyl (C=O) groups excluding carboxylic acids is 1. The lowest BCUT2D eigenvalue weighted by molar-refractivity contribution is -0.402. The van der Waals surface area contributed by atoms with E-state index < -0.39 is 43.3 Å². The number of nitro groups is 1. The number of hydrogen-bond donors (Lipinski definition) is 0. The van der Waals surface area contributed by atoms with Gasteiger partial charge in [-0.3, -0.25) is 14.9 Å². The van der Waals surface area contributed by atoms with E-state index in [2.05, 4.69) is 0 Å². The highest BCUT2D eigenvalue weighted by molar-refractivity contribution is 7.89. The largest absolute Gasteiger partial charge is 0.433 e. The fourth-order valence-electron chi connectivity index (χ4n) is 2.64. The van der Waals surface area contributed by atoms with Crippen LogP contribution in [0.3, 0.4) is 0 Å². The minimum atomic E-state index is -4.27. The van der Waals surface area contributed by atoms with Crippen LogP contribution in [0.2, 0.25) is 0 Å². The van der Waals surface area contributed by atoms with Crippen LogP contribution < -0.4 is 0 Å². The Morgan fingerprint density at radius 1 is 1.11 bits per heavy atom. The minimum Gasteiger partial charge on any atom is -0.395 e. The first-order valence-electron chi connectivity index (χ1n) is 7.69. The van der Waals surface area contributed by atoms with Crippen LogP contribution in [0.5, 0.6) is 0 Å². The number of halogens is 2. The van der Waals surface area contributed by atoms with E-state index in [0.29, 0.717) is 6.07 Å². The topological polar surface area (TPSA) is 114 Å². The first-order valence-corrected chi connectivity index (χ1v) is 9.13. The Morgan fingerprint density at radius 2 is 1.78 bits per heavy atom. The van der Waals surface area contributed by atoms with Crippen molar-refractivity contribution in [3.05, 3.63) is 57.8 Å². The molecule has 3 rings (SSSR count). The molecule has 2 aromatic rings. The zero-order valence-electron chi connectivity index (χ0n) is 13.7. The first kappa shape index (κ1) is 18.9. The van der Waals surface area contributed by atoms with Gasteiger partial charge in [-0.25, -0.2) is 17.2 Å². The molecule has 0 N–H and O–H groups in total. The smallest absolute Gasteiger partial charge is 0.395 e. The molecule has 12 heteroatoms. The van der Waals surface area contributed by atoms with Gasteiger partial charge in [0.1, 0.15) is 21.5 Å². The molecule has 1 aromatic carbocycles. The van der Waals surface area contributed by atoms with E-state index in [1.54, 1.807) is 0 Å². The van der Waals surface area contributed by atoms with E-state index in [-0.39, 0.29) is 31.9 Å². The summed E-state index contributed by atoms with van der Waals surface area (Å²) >= 11 is 0. The molecule has 0 bridgehead atoms. The summed E-state index contributed by atoms with van der Waals surface area (Å²) in [5.41, 5.74) is 0. The molecule has 1 saturated heterocycles. The second kappa shape index (κ2) is 7.04. The molecular weight excluding hydrogens is 388 g/mol. The molecule has 9 nitrogen and oxygen atoms in total. The van der Waals surface area contributed by atoms with Crippen molar-refractivity contribution in [2.24, 2.45) is 0 Å². The molecule has 1 aliphatic heterocycles. The number of piperazine rings is 1. The number of sulfonamides is 1. The Morgan fingerprint density at radius 3 is 2.37 bits per heavy atom. The second-order valence-electron chi connectivity index (χ2n) is 5.67. The fourth-order valence-corrected chi connectivity index (χ4v) is 4.14. The van der Waals surface area contributed by atoms with Crippen LogP contribution in [0.15, 0.2) is 39.6 Å². The normalized spacial score (nSPS) is 15.7. The summed E-state index contributed by atoms with van der Waals surface area (Å²) < 4.78 is 57.9. The highest BCUT2D eigenvalue weighted by atomic mass is 32.2. The van der Waals surface area contributed by atoms with Crippen molar-refractivity contribution in [1.29, 1.82) is 0 Å². The molecule has 1 aromatic heterocycles. The molecule has 144 valence electrons. The Labute approximate surface area is 152 Å². The molecule has 0 unspecified atom stereocenters. The molecule has 1 fully saturated rings. The monoisotopic (exact) mass is 401 g/mol. The minimum absolute atomic E-state index is 0.0382. The van der Waals surface area contributed by atoms with Crippen molar-refractivity contribution in [1.82, 2.24) is 9.21 Å². The van der Waals surface area contributed by atoms with Gasteiger partial charge < -0.3 is 9.32 Å². The van der Waals surface area contributed by atoms with Crippen LogP contribution in [0, 0.1) is 21.7 Å². The molecule has 0 radical (unpaired) electrons. The van der Waals surface area contributed by atoms with Gasteiger partial charge >= 0.3 is 5.88 Å². The van der Waals surface area contributed by atoms with Gasteiger partial charge in [0.25, 0.3) is 5.91 Å². The summed E-state index contributed by atoms with van der Waals surface area (Å²) in [6.45, 7) is -0.368. The van der Waals surface area contributed by atoms with Crippen LogP contribution in [0.4, 0.5) is 14.7 Å². The molecule has 1 aliphatic rings. The maximum Gasteiger partial charge on any atom is 0.433 e. The van der Waals surface area contributed by atoms with E-state index in [9.17, 15) is 32.1 Å². The average Bonchev–Trinajstić information content (AvgIpc) is 3.13. The highest BCUT2D eigenvalue weighted by Crippen LogP contribution is 2.23. The lowest BCUT2D eigenvalue weighted by Crippen LogP contribution is -2.50. The van der Waals surface area contributed by atoms with Gasteiger partial charge in [0.2, 0.25) is 10.0 Å². The van der Waals surface area contributed by atoms with Crippen molar-refractivity contribution in [2.75, 3.05) is 26.2 Å². The van der Waals surface area contributed by atoms with E-state index >= 15 is 0 Å². The fraction of sp³-hybridized carbons (Fsp3) is 0.267. The molecule has 27 heavy (non-hydrogen) atoms. The lowest BCUT2D eigenvalue weighted by Gasteiger charge is -2.33. The number of furan rings is 1. The third kappa shape index (κ3) is 3.66. The maximum atomic E-state index is 13.8. The Kier molecular flexibility index (Phi) is 4.93. The lowest BCUT2D eigenvalue weighted by atomic mass is 10.3. The van der Waals surface area contributed by atoms with Crippen molar-refractivity contribution in [3.8, 4) is 0 Å². The van der Waals surface area contributed by atoms with Gasteiger partial charge in [-0.1, -0.05) is 0 Å². The molecule has 1 amide bonds. The Hall–Kier alpha value is -2.86. The summed E-state index contributed by atoms with van der Waals surface area (Å²) in [5.74, 6) is -3.41. The third-order valence-corrected chi connectivity index (χ3v) is 5.93. The molecular formula is C15H13F2N3O6S. The average molecular weight is 401 g/mol. The first-order chi connectivity index (χ1) is 12.7. The predicted molar refractivity (Wildman–Crippen MR) is 86.4 cm³/mol. The number of rotatable bonds is 4. The predicted octanol–water partition coefficient (Wildman–Crippen LogP) is 1.61. The number of benzene rings is 1. The van der Waals surface area contributed by atoms with E-state index in [1.807, 2.05) is 0 Å². The maximum absolute atomic E-state index is 13.8. The molecule has 0 atom stereocenters. The third-order valence-electron chi connectivity index (χ3n) is 4.02. The van der Waals surface area contributed by atoms with Crippen molar-refractivity contribution in [2.45, 2.75) is 4.90 Å². The van der Waals surface area contributed by atoms with Crippen molar-refractivity contribution in [3.63, 3.8) is 0 Å². The van der Waals surface area contributed by atoms with Gasteiger partial charge in [0.05, 0.1) is 6.07 Å². The van der Waals surface area contributed by atoms with Gasteiger partial charge in [-0.15, -0.1) is 0 Å². The Balaban J connectivity index is 1.71. The zero-order chi connectivity index (χ0) is 19.8. The second-order valence-corrected chi connectivity index (χ2v) is 7.57. The van der Waals surface area contributed by atoms with Crippen molar-refractivity contribution >= 4 is 21.8 Å². The summed E-state index contributed by atoms with van der Waals surface area (Å²) in [6, 6.07) is 4.34. The van der Waals surface area contributed by atoms with E-state index in [4.69, 9.17) is 4.42 Å². The van der Waals surface area contributed by atoms with Crippen LogP contribution in [0.1, 0.15) is 10.6 Å². The number of amides is 1. The molecule has 0 spiro atoms. The van der Waals surface area contributed by atoms with Crippen LogP contribution in [-0.4, -0.2) is 54.6 Å². The molecule has 0 aliphatic carbocycles. The molecule has 2 heterocycles. The summed E-state index contributed by atoms with van der Waals surface area (Å²) in [4.78, 5) is 22.6. The van der Waals surface area contributed by atoms with Crippen LogP contribution >= 0.6 is 0 Å². The summed E-state index contributed by atoms with van der Waals surface area (Å²) in [5, 5.41) is 10.6. The van der Waals surface area contributed by atoms with Gasteiger partial charge in [0, 0.05) is 26.2 Å². The standard InChI is InChI=1S/C15H13F2N3O6S/c16-10-1-2-11(17)13(9-10)27(24,25)19-7-5-18(6-8-19)15(21)12-3-4-14(26-12)20(22)23/h1-4,9H,5-8H2. The van der Waals surface area contributed by atoms with Crippen LogP contribution in [0.25, 0.3) is 0 Å². The van der Waals surface area contributed by atoms with E-state index in [1.165, 1.54) is 4.90 Å². The number of hydrogen-bond acceptors (Lipinski definition) is 6. The summed E-state index contributed by atoms with van der Waals surface area (Å²) in [6.07, 6.45) is 0. The van der Waals surface area contributed by atoms with Crippen molar-refractivity contribution < 1.29 is 31.3 Å². The highest BCUT2D eigenvalue weighted by Gasteiger charge is 2.33. The summed E-state index contributed by atoms with van der Waals surface area (Å²) in [7, 11) is -4.27. The van der Waals surface area contributed by atoms with Gasteiger partial charge in [-0.2, -0.15) is 4.31 Å². The molecule has 0 saturated carbocycles. The van der Waals surface area contributed by atoms with E-state index in [0.717, 1.165) is 28.6 Å². The Bertz CT molecular complexity index is 999. The van der Waals surface area contributed by atoms with Gasteiger partial charge in [-0.05, 0) is 24.3 Å². The SMILES string of the molecule is O=C(c1ccc([N+](=O)[O-])o1)N1CCN(S(=O)(=O)c2cc(F)ccc2F)CC1. The van der Waals surface area contributed by atoms with Crippen LogP contribution in [-0.2, 0) is 10.0 Å². The number of nitrogens with zero attached hydrogens (tertiary/aromatic N) is 3. The number of carbonyl (C=O) groups is 1. The zero-order valence-corrected chi connectivity index (χ0v) is 14.5. The quantitative estimate of drug-likeness (QED) is 0.568. The van der Waals surface area contributed by atoms with Gasteiger partial charge in [0.15, 0.2) is 5.76 Å².